The van der Waals surface area contributed by atoms with Crippen molar-refractivity contribution in [3.63, 3.8) is 0 Å². The molecule has 1 aliphatic rings. The molecule has 0 bridgehead atoms. The lowest BCUT2D eigenvalue weighted by Crippen LogP contribution is -2.60. The van der Waals surface area contributed by atoms with E-state index in [1.54, 1.807) is 12.1 Å². The van der Waals surface area contributed by atoms with Crippen molar-refractivity contribution in [2.45, 2.75) is 30.7 Å². The predicted molar refractivity (Wildman–Crippen MR) is 153 cm³/mol. The third-order valence-electron chi connectivity index (χ3n) is 6.87. The minimum absolute atomic E-state index is 0.0550. The highest BCUT2D eigenvalue weighted by molar-refractivity contribution is 5.88. The van der Waals surface area contributed by atoms with Crippen LogP contribution < -0.4 is 14.9 Å². The SMILES string of the molecule is COc1cc(O)c2c(=O)c(O[C@@H]3O[C@H](COC(=O)/C=C/c4ccc(O)cc4)[C@@H](O)C(O)C3O)c(-c3ccc(O)cc3)oc2c1. The zero-order chi connectivity index (χ0) is 31.5. The molecule has 5 atom stereocenters. The van der Waals surface area contributed by atoms with Gasteiger partial charge in [0.1, 0.15) is 65.0 Å². The van der Waals surface area contributed by atoms with Gasteiger partial charge in [-0.15, -0.1) is 0 Å². The van der Waals surface area contributed by atoms with Gasteiger partial charge >= 0.3 is 5.97 Å². The molecule has 1 fully saturated rings. The lowest BCUT2D eigenvalue weighted by molar-refractivity contribution is -0.278. The maximum Gasteiger partial charge on any atom is 0.330 e. The molecule has 44 heavy (non-hydrogen) atoms. The Kier molecular flexibility index (Phi) is 8.73. The van der Waals surface area contributed by atoms with Crippen LogP contribution in [0.4, 0.5) is 0 Å². The summed E-state index contributed by atoms with van der Waals surface area (Å²) in [6.07, 6.45) is -6.06. The maximum absolute atomic E-state index is 13.7. The molecule has 1 aromatic heterocycles. The Morgan fingerprint density at radius 1 is 0.909 bits per heavy atom. The zero-order valence-corrected chi connectivity index (χ0v) is 23.1. The van der Waals surface area contributed by atoms with Crippen molar-refractivity contribution < 1.29 is 58.8 Å². The number of carbonyl (C=O) groups is 1. The van der Waals surface area contributed by atoms with Crippen LogP contribution in [0.3, 0.4) is 0 Å². The molecule has 0 spiro atoms. The van der Waals surface area contributed by atoms with Crippen LogP contribution in [-0.2, 0) is 14.3 Å². The fraction of sp³-hybridized carbons (Fsp3) is 0.226. The highest BCUT2D eigenvalue weighted by Gasteiger charge is 2.46. The smallest absolute Gasteiger partial charge is 0.330 e. The number of phenols is 3. The van der Waals surface area contributed by atoms with Gasteiger partial charge in [0, 0.05) is 23.8 Å². The summed E-state index contributed by atoms with van der Waals surface area (Å²) in [5, 5.41) is 61.1. The van der Waals surface area contributed by atoms with Crippen molar-refractivity contribution in [3.05, 3.63) is 82.5 Å². The summed E-state index contributed by atoms with van der Waals surface area (Å²) in [6.45, 7) is -0.568. The molecule has 230 valence electrons. The number of aliphatic hydroxyl groups excluding tert-OH is 3. The number of fused-ring (bicyclic) bond motifs is 1. The fourth-order valence-electron chi connectivity index (χ4n) is 4.52. The van der Waals surface area contributed by atoms with Gasteiger partial charge < -0.3 is 54.0 Å². The van der Waals surface area contributed by atoms with Crippen molar-refractivity contribution in [3.8, 4) is 40.1 Å². The van der Waals surface area contributed by atoms with Crippen molar-refractivity contribution in [1.29, 1.82) is 0 Å². The van der Waals surface area contributed by atoms with Gasteiger partial charge in [-0.3, -0.25) is 4.79 Å². The van der Waals surface area contributed by atoms with Gasteiger partial charge in [0.25, 0.3) is 0 Å². The first-order valence-electron chi connectivity index (χ1n) is 13.2. The highest BCUT2D eigenvalue weighted by Crippen LogP contribution is 2.37. The molecular formula is C31H28O13. The molecule has 6 N–H and O–H groups in total. The van der Waals surface area contributed by atoms with Crippen LogP contribution >= 0.6 is 0 Å². The minimum Gasteiger partial charge on any atom is -0.508 e. The molecule has 5 rings (SSSR count). The summed E-state index contributed by atoms with van der Waals surface area (Å²) in [5.41, 5.74) is -0.0686. The Morgan fingerprint density at radius 2 is 1.57 bits per heavy atom. The van der Waals surface area contributed by atoms with Crippen LogP contribution in [-0.4, -0.2) is 81.0 Å². The number of phenolic OH excluding ortho intramolecular Hbond substituents is 3. The van der Waals surface area contributed by atoms with E-state index in [0.29, 0.717) is 5.56 Å². The molecule has 2 heterocycles. The topological polar surface area (TPSA) is 206 Å². The third-order valence-corrected chi connectivity index (χ3v) is 6.87. The van der Waals surface area contributed by atoms with E-state index in [9.17, 15) is 40.2 Å². The summed E-state index contributed by atoms with van der Waals surface area (Å²) in [7, 11) is 1.36. The fourth-order valence-corrected chi connectivity index (χ4v) is 4.52. The molecule has 13 nitrogen and oxygen atoms in total. The Hall–Kier alpha value is -5.08. The molecule has 0 aliphatic carbocycles. The van der Waals surface area contributed by atoms with Gasteiger partial charge in [-0.2, -0.15) is 0 Å². The van der Waals surface area contributed by atoms with Gasteiger partial charge in [-0.05, 0) is 48.0 Å². The number of methoxy groups -OCH3 is 1. The van der Waals surface area contributed by atoms with Crippen LogP contribution in [0.1, 0.15) is 5.56 Å². The molecule has 0 amide bonds. The second-order valence-corrected chi connectivity index (χ2v) is 9.84. The summed E-state index contributed by atoms with van der Waals surface area (Å²) in [6, 6.07) is 14.1. The molecule has 13 heteroatoms. The first-order valence-corrected chi connectivity index (χ1v) is 13.2. The number of ether oxygens (including phenoxy) is 4. The van der Waals surface area contributed by atoms with Crippen molar-refractivity contribution in [2.75, 3.05) is 13.7 Å². The van der Waals surface area contributed by atoms with Crippen LogP contribution in [0.2, 0.25) is 0 Å². The van der Waals surface area contributed by atoms with E-state index >= 15 is 0 Å². The highest BCUT2D eigenvalue weighted by atomic mass is 16.7. The lowest BCUT2D eigenvalue weighted by atomic mass is 9.99. The largest absolute Gasteiger partial charge is 0.508 e. The number of hydrogen-bond acceptors (Lipinski definition) is 13. The minimum atomic E-state index is -1.88. The average molecular weight is 609 g/mol. The lowest BCUT2D eigenvalue weighted by Gasteiger charge is -2.39. The van der Waals surface area contributed by atoms with Crippen molar-refractivity contribution in [1.82, 2.24) is 0 Å². The monoisotopic (exact) mass is 608 g/mol. The second kappa shape index (κ2) is 12.7. The number of benzene rings is 3. The van der Waals surface area contributed by atoms with Gasteiger partial charge in [0.15, 0.2) is 5.76 Å². The number of aliphatic hydroxyl groups is 3. The maximum atomic E-state index is 13.7. The second-order valence-electron chi connectivity index (χ2n) is 9.84. The Balaban J connectivity index is 1.43. The first kappa shape index (κ1) is 30.4. The average Bonchev–Trinajstić information content (AvgIpc) is 3.01. The molecule has 1 saturated heterocycles. The van der Waals surface area contributed by atoms with E-state index in [1.165, 1.54) is 61.7 Å². The van der Waals surface area contributed by atoms with Gasteiger partial charge in [-0.25, -0.2) is 4.79 Å². The standard InChI is InChI=1S/C31H28O13/c1-40-19-12-20(34)24-21(13-19)42-29(16-5-9-18(33)10-6-16)30(26(24)37)44-31-28(39)27(38)25(36)22(43-31)14-41-23(35)11-4-15-2-7-17(32)8-3-15/h2-13,22,25,27-28,31-34,36,38-39H,14H2,1H3/b11-4+/t22-,25-,27?,28?,31+/m1/s1. The normalized spacial score (nSPS) is 21.8. The molecule has 3 aromatic carbocycles. The third kappa shape index (κ3) is 6.31. The van der Waals surface area contributed by atoms with E-state index in [-0.39, 0.29) is 39.5 Å². The van der Waals surface area contributed by atoms with Crippen molar-refractivity contribution >= 4 is 23.0 Å². The summed E-state index contributed by atoms with van der Waals surface area (Å²) >= 11 is 0. The number of rotatable bonds is 8. The quantitative estimate of drug-likeness (QED) is 0.125. The predicted octanol–water partition coefficient (Wildman–Crippen LogP) is 2.03. The summed E-state index contributed by atoms with van der Waals surface area (Å²) in [5.74, 6) is -1.82. The van der Waals surface area contributed by atoms with Gasteiger partial charge in [0.05, 0.1) is 7.11 Å². The van der Waals surface area contributed by atoms with Gasteiger partial charge in [0.2, 0.25) is 17.5 Å². The van der Waals surface area contributed by atoms with E-state index in [1.807, 2.05) is 0 Å². The molecule has 2 unspecified atom stereocenters. The Morgan fingerprint density at radius 3 is 2.23 bits per heavy atom. The van der Waals surface area contributed by atoms with Crippen LogP contribution in [0.25, 0.3) is 28.4 Å². The number of hydrogen-bond donors (Lipinski definition) is 6. The number of carbonyl (C=O) groups excluding carboxylic acids is 1. The Labute approximate surface area is 249 Å². The Bertz CT molecular complexity index is 1730. The molecule has 1 aliphatic heterocycles. The summed E-state index contributed by atoms with van der Waals surface area (Å²) in [4.78, 5) is 25.9. The summed E-state index contributed by atoms with van der Waals surface area (Å²) < 4.78 is 27.6. The zero-order valence-electron chi connectivity index (χ0n) is 23.1. The molecule has 0 radical (unpaired) electrons. The van der Waals surface area contributed by atoms with E-state index in [4.69, 9.17) is 23.4 Å². The van der Waals surface area contributed by atoms with E-state index in [2.05, 4.69) is 0 Å². The molecular weight excluding hydrogens is 580 g/mol. The van der Waals surface area contributed by atoms with E-state index < -0.39 is 60.2 Å². The van der Waals surface area contributed by atoms with Crippen molar-refractivity contribution in [2.24, 2.45) is 0 Å². The molecule has 0 saturated carbocycles. The van der Waals surface area contributed by atoms with Crippen LogP contribution in [0, 0.1) is 0 Å². The molecule has 4 aromatic rings. The van der Waals surface area contributed by atoms with E-state index in [0.717, 1.165) is 6.08 Å². The first-order chi connectivity index (χ1) is 21.0. The van der Waals surface area contributed by atoms with Crippen LogP contribution in [0.5, 0.6) is 28.7 Å². The number of aromatic hydroxyl groups is 3. The van der Waals surface area contributed by atoms with Crippen LogP contribution in [0.15, 0.2) is 76.0 Å². The van der Waals surface area contributed by atoms with Gasteiger partial charge in [-0.1, -0.05) is 12.1 Å². The number of esters is 1.